The van der Waals surface area contributed by atoms with E-state index in [-0.39, 0.29) is 27.9 Å². The first-order chi connectivity index (χ1) is 8.41. The van der Waals surface area contributed by atoms with Crippen molar-refractivity contribution in [2.24, 2.45) is 5.41 Å². The lowest BCUT2D eigenvalue weighted by Gasteiger charge is -2.38. The molecule has 0 unspecified atom stereocenters. The monoisotopic (exact) mass is 270 g/mol. The average Bonchev–Trinajstić information content (AvgIpc) is 2.22. The van der Waals surface area contributed by atoms with Crippen LogP contribution in [0.5, 0.6) is 0 Å². The number of anilines is 1. The van der Waals surface area contributed by atoms with Gasteiger partial charge in [0.15, 0.2) is 0 Å². The summed E-state index contributed by atoms with van der Waals surface area (Å²) >= 11 is 5.74. The summed E-state index contributed by atoms with van der Waals surface area (Å²) in [6.45, 7) is 4.38. The first-order valence-electron chi connectivity index (χ1n) is 5.84. The molecule has 0 bridgehead atoms. The molecule has 1 heterocycles. The Bertz CT molecular complexity index is 488. The van der Waals surface area contributed by atoms with E-state index in [1.807, 2.05) is 0 Å². The maximum atomic E-state index is 11.0. The largest absolute Gasteiger partial charge is 0.364 e. The van der Waals surface area contributed by atoms with Gasteiger partial charge in [0.25, 0.3) is 0 Å². The predicted octanol–water partition coefficient (Wildman–Crippen LogP) is 2.95. The van der Waals surface area contributed by atoms with E-state index in [1.54, 1.807) is 6.92 Å². The molecular formula is C11H15ClN4O2. The number of hydrogen-bond acceptors (Lipinski definition) is 5. The summed E-state index contributed by atoms with van der Waals surface area (Å²) in [6.07, 6.45) is 3.47. The van der Waals surface area contributed by atoms with Crippen molar-refractivity contribution in [2.45, 2.75) is 33.1 Å². The number of nitro groups is 1. The van der Waals surface area contributed by atoms with Gasteiger partial charge in [0.05, 0.1) is 4.92 Å². The summed E-state index contributed by atoms with van der Waals surface area (Å²) in [6, 6.07) is 0. The normalized spacial score (nSPS) is 17.1. The van der Waals surface area contributed by atoms with Crippen molar-refractivity contribution in [3.05, 3.63) is 21.1 Å². The van der Waals surface area contributed by atoms with E-state index in [0.29, 0.717) is 6.54 Å². The zero-order valence-corrected chi connectivity index (χ0v) is 11.1. The van der Waals surface area contributed by atoms with Crippen molar-refractivity contribution in [3.63, 3.8) is 0 Å². The van der Waals surface area contributed by atoms with Crippen molar-refractivity contribution in [2.75, 3.05) is 11.9 Å². The summed E-state index contributed by atoms with van der Waals surface area (Å²) in [4.78, 5) is 18.3. The van der Waals surface area contributed by atoms with Crippen LogP contribution in [0.3, 0.4) is 0 Å². The maximum Gasteiger partial charge on any atom is 0.332 e. The van der Waals surface area contributed by atoms with E-state index >= 15 is 0 Å². The second kappa shape index (κ2) is 4.68. The molecule has 7 heteroatoms. The molecule has 6 nitrogen and oxygen atoms in total. The van der Waals surface area contributed by atoms with Crippen LogP contribution in [-0.4, -0.2) is 21.4 Å². The van der Waals surface area contributed by atoms with E-state index in [9.17, 15) is 10.1 Å². The Morgan fingerprint density at radius 1 is 1.50 bits per heavy atom. The van der Waals surface area contributed by atoms with Crippen LogP contribution in [-0.2, 0) is 0 Å². The van der Waals surface area contributed by atoms with Crippen LogP contribution in [0.15, 0.2) is 0 Å². The second-order valence-corrected chi connectivity index (χ2v) is 5.39. The minimum absolute atomic E-state index is 0.0272. The highest BCUT2D eigenvalue weighted by atomic mass is 35.5. The van der Waals surface area contributed by atoms with E-state index in [4.69, 9.17) is 11.6 Å². The van der Waals surface area contributed by atoms with Gasteiger partial charge in [0.1, 0.15) is 5.69 Å². The molecule has 1 aliphatic rings. The average molecular weight is 271 g/mol. The summed E-state index contributed by atoms with van der Waals surface area (Å²) in [7, 11) is 0. The third-order valence-electron chi connectivity index (χ3n) is 3.46. The SMILES string of the molecule is Cc1nc(Cl)nc(NCC2(C)CCC2)c1[N+](=O)[O-]. The fraction of sp³-hybridized carbons (Fsp3) is 0.636. The van der Waals surface area contributed by atoms with Crippen molar-refractivity contribution in [1.82, 2.24) is 9.97 Å². The Labute approximate surface area is 110 Å². The molecule has 0 spiro atoms. The van der Waals surface area contributed by atoms with E-state index in [0.717, 1.165) is 12.8 Å². The molecule has 0 radical (unpaired) electrons. The molecule has 2 rings (SSSR count). The first kappa shape index (κ1) is 13.0. The van der Waals surface area contributed by atoms with Crippen LogP contribution in [0, 0.1) is 22.5 Å². The van der Waals surface area contributed by atoms with Gasteiger partial charge in [-0.3, -0.25) is 10.1 Å². The van der Waals surface area contributed by atoms with Crippen molar-refractivity contribution in [1.29, 1.82) is 0 Å². The number of aromatic nitrogens is 2. The van der Waals surface area contributed by atoms with E-state index < -0.39 is 4.92 Å². The third-order valence-corrected chi connectivity index (χ3v) is 3.63. The van der Waals surface area contributed by atoms with Gasteiger partial charge in [-0.1, -0.05) is 13.3 Å². The molecule has 1 aromatic heterocycles. The van der Waals surface area contributed by atoms with Crippen LogP contribution >= 0.6 is 11.6 Å². The van der Waals surface area contributed by atoms with Gasteiger partial charge < -0.3 is 5.32 Å². The number of nitrogens with one attached hydrogen (secondary N) is 1. The van der Waals surface area contributed by atoms with Crippen LogP contribution in [0.2, 0.25) is 5.28 Å². The zero-order chi connectivity index (χ0) is 13.3. The fourth-order valence-corrected chi connectivity index (χ4v) is 2.34. The quantitative estimate of drug-likeness (QED) is 0.517. The first-order valence-corrected chi connectivity index (χ1v) is 6.21. The van der Waals surface area contributed by atoms with Gasteiger partial charge in [0.2, 0.25) is 11.1 Å². The van der Waals surface area contributed by atoms with Crippen molar-refractivity contribution >= 4 is 23.1 Å². The Balaban J connectivity index is 2.22. The van der Waals surface area contributed by atoms with E-state index in [2.05, 4.69) is 22.2 Å². The summed E-state index contributed by atoms with van der Waals surface area (Å²) < 4.78 is 0. The van der Waals surface area contributed by atoms with Gasteiger partial charge in [-0.05, 0) is 36.8 Å². The van der Waals surface area contributed by atoms with Gasteiger partial charge in [-0.25, -0.2) is 4.98 Å². The maximum absolute atomic E-state index is 11.0. The standard InChI is InChI=1S/C11H15ClN4O2/c1-7-8(16(17)18)9(15-10(12)14-7)13-6-11(2)4-3-5-11/h3-6H2,1-2H3,(H,13,14,15). The molecule has 1 saturated carbocycles. The molecule has 1 aromatic rings. The van der Waals surface area contributed by atoms with Crippen LogP contribution in [0.25, 0.3) is 0 Å². The third kappa shape index (κ3) is 2.53. The highest BCUT2D eigenvalue weighted by Crippen LogP contribution is 2.40. The van der Waals surface area contributed by atoms with Gasteiger partial charge in [-0.2, -0.15) is 4.98 Å². The topological polar surface area (TPSA) is 81.0 Å². The van der Waals surface area contributed by atoms with E-state index in [1.165, 1.54) is 6.42 Å². The number of nitrogens with zero attached hydrogens (tertiary/aromatic N) is 3. The molecule has 1 N–H and O–H groups in total. The van der Waals surface area contributed by atoms with Gasteiger partial charge in [0, 0.05) is 6.54 Å². The Hall–Kier alpha value is -1.43. The Kier molecular flexibility index (Phi) is 3.38. The highest BCUT2D eigenvalue weighted by Gasteiger charge is 2.32. The number of aryl methyl sites for hydroxylation is 1. The lowest BCUT2D eigenvalue weighted by atomic mass is 9.70. The molecule has 1 aliphatic carbocycles. The molecule has 0 saturated heterocycles. The van der Waals surface area contributed by atoms with Crippen molar-refractivity contribution in [3.8, 4) is 0 Å². The molecule has 1 fully saturated rings. The lowest BCUT2D eigenvalue weighted by molar-refractivity contribution is -0.385. The molecule has 0 atom stereocenters. The molecule has 0 aromatic carbocycles. The minimum Gasteiger partial charge on any atom is -0.364 e. The van der Waals surface area contributed by atoms with Crippen LogP contribution < -0.4 is 5.32 Å². The Morgan fingerprint density at radius 3 is 2.67 bits per heavy atom. The number of hydrogen-bond donors (Lipinski definition) is 1. The number of halogens is 1. The zero-order valence-electron chi connectivity index (χ0n) is 10.4. The number of rotatable bonds is 4. The second-order valence-electron chi connectivity index (χ2n) is 5.05. The summed E-state index contributed by atoms with van der Waals surface area (Å²) in [5.74, 6) is 0.214. The van der Waals surface area contributed by atoms with Crippen LogP contribution in [0.4, 0.5) is 11.5 Å². The molecule has 98 valence electrons. The van der Waals surface area contributed by atoms with Crippen LogP contribution in [0.1, 0.15) is 31.9 Å². The Morgan fingerprint density at radius 2 is 2.17 bits per heavy atom. The molecule has 18 heavy (non-hydrogen) atoms. The highest BCUT2D eigenvalue weighted by molar-refractivity contribution is 6.28. The predicted molar refractivity (Wildman–Crippen MR) is 68.9 cm³/mol. The minimum atomic E-state index is -0.475. The molecule has 0 amide bonds. The fourth-order valence-electron chi connectivity index (χ4n) is 2.13. The van der Waals surface area contributed by atoms with Gasteiger partial charge in [-0.15, -0.1) is 0 Å². The molecular weight excluding hydrogens is 256 g/mol. The lowest BCUT2D eigenvalue weighted by Crippen LogP contribution is -2.33. The van der Waals surface area contributed by atoms with Crippen molar-refractivity contribution < 1.29 is 4.92 Å². The summed E-state index contributed by atoms with van der Waals surface area (Å²) in [5.41, 5.74) is 0.391. The van der Waals surface area contributed by atoms with Gasteiger partial charge >= 0.3 is 5.69 Å². The summed E-state index contributed by atoms with van der Waals surface area (Å²) in [5, 5.41) is 14.1. The smallest absolute Gasteiger partial charge is 0.332 e. The molecule has 0 aliphatic heterocycles.